The molecule has 0 radical (unpaired) electrons. The van der Waals surface area contributed by atoms with Crippen molar-refractivity contribution in [3.8, 4) is 0 Å². The molecular weight excluding hydrogens is 280 g/mol. The van der Waals surface area contributed by atoms with Gasteiger partial charge in [0, 0.05) is 6.04 Å². The number of nitrogens with two attached hydrogens (primary N) is 1. The predicted molar refractivity (Wildman–Crippen MR) is 86.9 cm³/mol. The Hall–Kier alpha value is 0.0700. The van der Waals surface area contributed by atoms with Crippen LogP contribution in [0.25, 0.3) is 0 Å². The standard InChI is InChI=1S/C14H28N2OS.ClH/c1-10(2)11-4-6-12(7-5-11)16-14(17)13(15)8-9-18-3;/h10-13H,4-9,15H2,1-3H3,(H,16,17);1H/t11?,12?,13-;/m0./s1. The molecular formula is C14H29ClN2OS. The number of halogens is 1. The van der Waals surface area contributed by atoms with Gasteiger partial charge in [-0.15, -0.1) is 12.4 Å². The quantitative estimate of drug-likeness (QED) is 0.793. The summed E-state index contributed by atoms with van der Waals surface area (Å²) in [6, 6.07) is 0.0214. The van der Waals surface area contributed by atoms with Crippen molar-refractivity contribution in [3.05, 3.63) is 0 Å². The van der Waals surface area contributed by atoms with Gasteiger partial charge in [0.2, 0.25) is 5.91 Å². The van der Waals surface area contributed by atoms with Gasteiger partial charge in [0.05, 0.1) is 6.04 Å². The summed E-state index contributed by atoms with van der Waals surface area (Å²) in [5.74, 6) is 2.60. The Morgan fingerprint density at radius 3 is 2.37 bits per heavy atom. The van der Waals surface area contributed by atoms with Crippen LogP contribution in [0.15, 0.2) is 0 Å². The van der Waals surface area contributed by atoms with Crippen molar-refractivity contribution < 1.29 is 4.79 Å². The molecule has 3 N–H and O–H groups in total. The molecule has 19 heavy (non-hydrogen) atoms. The summed E-state index contributed by atoms with van der Waals surface area (Å²) in [4.78, 5) is 11.9. The van der Waals surface area contributed by atoms with E-state index in [0.29, 0.717) is 6.04 Å². The first kappa shape index (κ1) is 19.1. The first-order valence-electron chi connectivity index (χ1n) is 7.09. The Labute approximate surface area is 128 Å². The fourth-order valence-corrected chi connectivity index (χ4v) is 3.10. The van der Waals surface area contributed by atoms with E-state index in [-0.39, 0.29) is 24.4 Å². The molecule has 1 rings (SSSR count). The minimum absolute atomic E-state index is 0. The molecule has 0 bridgehead atoms. The number of amides is 1. The van der Waals surface area contributed by atoms with Gasteiger partial charge in [-0.2, -0.15) is 11.8 Å². The van der Waals surface area contributed by atoms with Crippen molar-refractivity contribution in [1.29, 1.82) is 0 Å². The van der Waals surface area contributed by atoms with Crippen molar-refractivity contribution in [1.82, 2.24) is 5.32 Å². The third kappa shape index (κ3) is 6.87. The fourth-order valence-electron chi connectivity index (χ4n) is 2.61. The van der Waals surface area contributed by atoms with Crippen LogP contribution in [0.4, 0.5) is 0 Å². The number of carbonyl (C=O) groups is 1. The van der Waals surface area contributed by atoms with Crippen molar-refractivity contribution in [2.75, 3.05) is 12.0 Å². The normalized spacial score (nSPS) is 24.7. The molecule has 1 saturated carbocycles. The zero-order chi connectivity index (χ0) is 13.5. The summed E-state index contributed by atoms with van der Waals surface area (Å²) in [5.41, 5.74) is 5.87. The maximum Gasteiger partial charge on any atom is 0.237 e. The van der Waals surface area contributed by atoms with E-state index in [2.05, 4.69) is 19.2 Å². The van der Waals surface area contributed by atoms with E-state index in [1.54, 1.807) is 11.8 Å². The van der Waals surface area contributed by atoms with E-state index in [1.807, 2.05) is 6.26 Å². The lowest BCUT2D eigenvalue weighted by molar-refractivity contribution is -0.123. The second-order valence-electron chi connectivity index (χ2n) is 5.75. The molecule has 0 aliphatic heterocycles. The molecule has 0 unspecified atom stereocenters. The number of hydrogen-bond acceptors (Lipinski definition) is 3. The van der Waals surface area contributed by atoms with E-state index in [0.717, 1.165) is 36.9 Å². The molecule has 0 aromatic rings. The van der Waals surface area contributed by atoms with Crippen molar-refractivity contribution in [2.24, 2.45) is 17.6 Å². The van der Waals surface area contributed by atoms with Gasteiger partial charge < -0.3 is 11.1 Å². The third-order valence-electron chi connectivity index (χ3n) is 4.03. The Morgan fingerprint density at radius 2 is 1.89 bits per heavy atom. The summed E-state index contributed by atoms with van der Waals surface area (Å²) in [6.45, 7) is 4.59. The van der Waals surface area contributed by atoms with E-state index in [1.165, 1.54) is 12.8 Å². The van der Waals surface area contributed by atoms with E-state index in [4.69, 9.17) is 5.73 Å². The Bertz CT molecular complexity index is 256. The first-order valence-corrected chi connectivity index (χ1v) is 8.48. The van der Waals surface area contributed by atoms with Crippen LogP contribution in [0.3, 0.4) is 0 Å². The van der Waals surface area contributed by atoms with Gasteiger partial charge in [0.25, 0.3) is 0 Å². The molecule has 3 nitrogen and oxygen atoms in total. The molecule has 114 valence electrons. The van der Waals surface area contributed by atoms with Crippen molar-refractivity contribution >= 4 is 30.1 Å². The lowest BCUT2D eigenvalue weighted by Crippen LogP contribution is -2.46. The topological polar surface area (TPSA) is 55.1 Å². The summed E-state index contributed by atoms with van der Waals surface area (Å²) >= 11 is 1.74. The molecule has 5 heteroatoms. The van der Waals surface area contributed by atoms with Crippen LogP contribution < -0.4 is 11.1 Å². The number of thioether (sulfide) groups is 1. The van der Waals surface area contributed by atoms with Crippen LogP contribution in [0.5, 0.6) is 0 Å². The Kier molecular flexibility index (Phi) is 9.93. The predicted octanol–water partition coefficient (Wildman–Crippen LogP) is 2.82. The summed E-state index contributed by atoms with van der Waals surface area (Å²) in [6.07, 6.45) is 7.52. The highest BCUT2D eigenvalue weighted by Gasteiger charge is 2.25. The molecule has 1 aliphatic carbocycles. The largest absolute Gasteiger partial charge is 0.352 e. The van der Waals surface area contributed by atoms with Gasteiger partial charge >= 0.3 is 0 Å². The van der Waals surface area contributed by atoms with Gasteiger partial charge in [-0.3, -0.25) is 4.79 Å². The molecule has 1 atom stereocenters. The lowest BCUT2D eigenvalue weighted by atomic mass is 9.79. The van der Waals surface area contributed by atoms with Crippen LogP contribution >= 0.6 is 24.2 Å². The Morgan fingerprint density at radius 1 is 1.32 bits per heavy atom. The number of nitrogens with one attached hydrogen (secondary N) is 1. The highest BCUT2D eigenvalue weighted by molar-refractivity contribution is 7.98. The molecule has 0 heterocycles. The van der Waals surface area contributed by atoms with Gasteiger partial charge in [-0.05, 0) is 55.9 Å². The van der Waals surface area contributed by atoms with E-state index >= 15 is 0 Å². The molecule has 0 aromatic carbocycles. The molecule has 1 aliphatic rings. The second kappa shape index (κ2) is 9.89. The zero-order valence-electron chi connectivity index (χ0n) is 12.4. The van der Waals surface area contributed by atoms with Gasteiger partial charge in [0.15, 0.2) is 0 Å². The Balaban J connectivity index is 0.00000324. The molecule has 1 fully saturated rings. The van der Waals surface area contributed by atoms with Crippen LogP contribution in [0.2, 0.25) is 0 Å². The summed E-state index contributed by atoms with van der Waals surface area (Å²) in [5, 5.41) is 3.11. The molecule has 0 aromatic heterocycles. The number of hydrogen-bond donors (Lipinski definition) is 2. The van der Waals surface area contributed by atoms with Crippen molar-refractivity contribution in [2.45, 2.75) is 58.0 Å². The molecule has 0 spiro atoms. The van der Waals surface area contributed by atoms with Crippen molar-refractivity contribution in [3.63, 3.8) is 0 Å². The van der Waals surface area contributed by atoms with Crippen LogP contribution in [0, 0.1) is 11.8 Å². The van der Waals surface area contributed by atoms with Gasteiger partial charge in [-0.25, -0.2) is 0 Å². The fraction of sp³-hybridized carbons (Fsp3) is 0.929. The first-order chi connectivity index (χ1) is 8.54. The maximum absolute atomic E-state index is 11.9. The second-order valence-corrected chi connectivity index (χ2v) is 6.74. The third-order valence-corrected chi connectivity index (χ3v) is 4.67. The average Bonchev–Trinajstić information content (AvgIpc) is 2.36. The minimum atomic E-state index is -0.333. The number of carbonyl (C=O) groups excluding carboxylic acids is 1. The zero-order valence-corrected chi connectivity index (χ0v) is 14.0. The molecule has 0 saturated heterocycles. The van der Waals surface area contributed by atoms with Gasteiger partial charge in [0.1, 0.15) is 0 Å². The lowest BCUT2D eigenvalue weighted by Gasteiger charge is -2.31. The maximum atomic E-state index is 11.9. The average molecular weight is 309 g/mol. The SMILES string of the molecule is CSCC[C@H](N)C(=O)NC1CCC(C(C)C)CC1.Cl. The summed E-state index contributed by atoms with van der Waals surface area (Å²) in [7, 11) is 0. The van der Waals surface area contributed by atoms with E-state index < -0.39 is 0 Å². The van der Waals surface area contributed by atoms with Crippen LogP contribution in [-0.4, -0.2) is 30.0 Å². The van der Waals surface area contributed by atoms with Gasteiger partial charge in [-0.1, -0.05) is 13.8 Å². The van der Waals surface area contributed by atoms with Crippen LogP contribution in [-0.2, 0) is 4.79 Å². The smallest absolute Gasteiger partial charge is 0.237 e. The highest BCUT2D eigenvalue weighted by atomic mass is 35.5. The summed E-state index contributed by atoms with van der Waals surface area (Å²) < 4.78 is 0. The monoisotopic (exact) mass is 308 g/mol. The van der Waals surface area contributed by atoms with E-state index in [9.17, 15) is 4.79 Å². The van der Waals surface area contributed by atoms with Crippen LogP contribution in [0.1, 0.15) is 46.0 Å². The highest BCUT2D eigenvalue weighted by Crippen LogP contribution is 2.29. The number of rotatable bonds is 6. The molecule has 1 amide bonds. The minimum Gasteiger partial charge on any atom is -0.352 e.